The molecule has 206 valence electrons. The molecule has 3 amide bonds. The summed E-state index contributed by atoms with van der Waals surface area (Å²) in [6.07, 6.45) is 3.71. The topological polar surface area (TPSA) is 137 Å². The summed E-state index contributed by atoms with van der Waals surface area (Å²) in [6.45, 7) is 2.13. The summed E-state index contributed by atoms with van der Waals surface area (Å²) in [6, 6.07) is 12.0. The van der Waals surface area contributed by atoms with E-state index < -0.39 is 29.6 Å². The van der Waals surface area contributed by atoms with Crippen LogP contribution in [0.1, 0.15) is 60.9 Å². The van der Waals surface area contributed by atoms with E-state index in [1.54, 1.807) is 24.1 Å². The van der Waals surface area contributed by atoms with E-state index in [4.69, 9.17) is 10.7 Å². The Balaban J connectivity index is 1.57. The van der Waals surface area contributed by atoms with Crippen molar-refractivity contribution in [1.29, 1.82) is 0 Å². The summed E-state index contributed by atoms with van der Waals surface area (Å²) in [5.74, 6) is -0.834. The maximum atomic E-state index is 14.2. The van der Waals surface area contributed by atoms with Crippen LogP contribution >= 0.6 is 0 Å². The Morgan fingerprint density at radius 1 is 1.13 bits per heavy atom. The molecular weight excluding hydrogens is 494 g/mol. The Morgan fingerprint density at radius 3 is 2.62 bits per heavy atom. The molecule has 0 saturated carbocycles. The predicted molar refractivity (Wildman–Crippen MR) is 148 cm³/mol. The van der Waals surface area contributed by atoms with Crippen LogP contribution in [-0.4, -0.2) is 64.7 Å². The normalized spacial score (nSPS) is 26.9. The molecule has 3 aliphatic rings. The molecule has 0 bridgehead atoms. The molecule has 5 N–H and O–H groups in total. The van der Waals surface area contributed by atoms with Crippen LogP contribution in [0.25, 0.3) is 0 Å². The number of nitrogens with one attached hydrogen (secondary N) is 2. The van der Waals surface area contributed by atoms with Crippen molar-refractivity contribution in [2.75, 3.05) is 13.6 Å². The number of carbonyl (C=O) groups excluding carboxylic acids is 3. The molecule has 9 nitrogen and oxygen atoms in total. The average molecular weight is 532 g/mol. The van der Waals surface area contributed by atoms with Gasteiger partial charge in [0.05, 0.1) is 24.2 Å². The van der Waals surface area contributed by atoms with E-state index in [0.717, 1.165) is 30.5 Å². The fraction of sp³-hybridized carbons (Fsp3) is 0.467. The van der Waals surface area contributed by atoms with Gasteiger partial charge in [-0.05, 0) is 62.4 Å². The maximum Gasteiger partial charge on any atom is 0.246 e. The second-order valence-electron chi connectivity index (χ2n) is 11.2. The third kappa shape index (κ3) is 5.28. The molecule has 2 unspecified atom stereocenters. The molecule has 2 heterocycles. The van der Waals surface area contributed by atoms with Crippen molar-refractivity contribution < 1.29 is 19.5 Å². The van der Waals surface area contributed by atoms with Gasteiger partial charge in [0.25, 0.3) is 0 Å². The minimum Gasteiger partial charge on any atom is -0.508 e. The summed E-state index contributed by atoms with van der Waals surface area (Å²) < 4.78 is 0. The first-order valence-electron chi connectivity index (χ1n) is 13.7. The minimum atomic E-state index is -0.802. The standard InChI is InChI=1S/C30H37N5O4/c1-30(34-21-11-10-18-6-3-4-7-19(18)14-21)16-23-28-20(8-5-9-24(28)36)15-22(33-27(38)17-32-2)29(39)35(23)25(30)12-13-26(31)37/h3-9,22-23,25,32,36H,10-17H2,1-2H3,(H2,31,37)(H,33,38)/t22-,23+,25?,30?/m0/s1. The van der Waals surface area contributed by atoms with Crippen LogP contribution in [0, 0.1) is 0 Å². The van der Waals surface area contributed by atoms with E-state index in [2.05, 4.69) is 28.8 Å². The quantitative estimate of drug-likeness (QED) is 0.433. The Labute approximate surface area is 228 Å². The summed E-state index contributed by atoms with van der Waals surface area (Å²) in [7, 11) is 1.67. The number of amides is 3. The largest absolute Gasteiger partial charge is 0.508 e. The highest BCUT2D eigenvalue weighted by Crippen LogP contribution is 2.51. The zero-order chi connectivity index (χ0) is 27.7. The lowest BCUT2D eigenvalue weighted by molar-refractivity contribution is -0.139. The van der Waals surface area contributed by atoms with Crippen molar-refractivity contribution in [2.45, 2.75) is 75.5 Å². The van der Waals surface area contributed by atoms with Gasteiger partial charge in [0, 0.05) is 30.5 Å². The van der Waals surface area contributed by atoms with E-state index >= 15 is 0 Å². The van der Waals surface area contributed by atoms with Gasteiger partial charge < -0.3 is 26.4 Å². The number of likely N-dealkylation sites (N-methyl/N-ethyl adjacent to an activating group) is 1. The molecule has 9 heteroatoms. The van der Waals surface area contributed by atoms with Crippen molar-refractivity contribution in [3.8, 4) is 5.75 Å². The number of rotatable bonds is 7. The van der Waals surface area contributed by atoms with Crippen molar-refractivity contribution in [3.63, 3.8) is 0 Å². The van der Waals surface area contributed by atoms with Crippen molar-refractivity contribution >= 4 is 23.4 Å². The number of hydrogen-bond acceptors (Lipinski definition) is 6. The molecule has 2 aromatic rings. The van der Waals surface area contributed by atoms with E-state index in [1.807, 2.05) is 19.1 Å². The zero-order valence-corrected chi connectivity index (χ0v) is 22.6. The van der Waals surface area contributed by atoms with Gasteiger partial charge in [0.1, 0.15) is 11.8 Å². The number of benzene rings is 2. The number of carbonyl (C=O) groups is 3. The fourth-order valence-corrected chi connectivity index (χ4v) is 6.73. The van der Waals surface area contributed by atoms with Crippen LogP contribution < -0.4 is 16.4 Å². The molecule has 0 aromatic heterocycles. The predicted octanol–water partition coefficient (Wildman–Crippen LogP) is 1.95. The number of fused-ring (bicyclic) bond motifs is 4. The Hall–Kier alpha value is -3.72. The zero-order valence-electron chi connectivity index (χ0n) is 22.6. The molecular formula is C30H37N5O4. The van der Waals surface area contributed by atoms with Gasteiger partial charge in [-0.15, -0.1) is 0 Å². The molecule has 2 aromatic carbocycles. The van der Waals surface area contributed by atoms with E-state index in [0.29, 0.717) is 18.4 Å². The Kier molecular flexibility index (Phi) is 7.44. The van der Waals surface area contributed by atoms with Gasteiger partial charge in [-0.2, -0.15) is 0 Å². The molecule has 2 aliphatic heterocycles. The minimum absolute atomic E-state index is 0.0814. The second-order valence-corrected chi connectivity index (χ2v) is 11.2. The third-order valence-electron chi connectivity index (χ3n) is 8.43. The van der Waals surface area contributed by atoms with Gasteiger partial charge in [-0.3, -0.25) is 19.4 Å². The SMILES string of the molecule is CNCC(=O)N[C@H]1Cc2cccc(O)c2[C@H]2CC(C)(N=C3CCc4ccccc4C3)C(CCC(N)=O)N2C1=O. The van der Waals surface area contributed by atoms with Crippen molar-refractivity contribution in [2.24, 2.45) is 10.7 Å². The average Bonchev–Trinajstić information content (AvgIpc) is 3.11. The van der Waals surface area contributed by atoms with Crippen LogP contribution in [-0.2, 0) is 33.6 Å². The smallest absolute Gasteiger partial charge is 0.246 e. The molecule has 0 spiro atoms. The van der Waals surface area contributed by atoms with Gasteiger partial charge in [0.15, 0.2) is 0 Å². The lowest BCUT2D eigenvalue weighted by Gasteiger charge is -2.36. The first-order valence-corrected chi connectivity index (χ1v) is 13.7. The monoisotopic (exact) mass is 531 g/mol. The van der Waals surface area contributed by atoms with Crippen LogP contribution in [0.2, 0.25) is 0 Å². The second kappa shape index (κ2) is 10.8. The number of phenols is 1. The van der Waals surface area contributed by atoms with Crippen LogP contribution in [0.4, 0.5) is 0 Å². The number of aromatic hydroxyl groups is 1. The fourth-order valence-electron chi connectivity index (χ4n) is 6.73. The van der Waals surface area contributed by atoms with Crippen LogP contribution in [0.15, 0.2) is 47.5 Å². The van der Waals surface area contributed by atoms with Gasteiger partial charge in [0.2, 0.25) is 17.7 Å². The van der Waals surface area contributed by atoms with Crippen molar-refractivity contribution in [3.05, 3.63) is 64.7 Å². The van der Waals surface area contributed by atoms with Gasteiger partial charge in [-0.1, -0.05) is 36.4 Å². The highest BCUT2D eigenvalue weighted by Gasteiger charge is 2.55. The van der Waals surface area contributed by atoms with E-state index in [9.17, 15) is 19.5 Å². The molecule has 5 rings (SSSR count). The summed E-state index contributed by atoms with van der Waals surface area (Å²) >= 11 is 0. The third-order valence-corrected chi connectivity index (χ3v) is 8.43. The lowest BCUT2D eigenvalue weighted by atomic mass is 9.84. The number of primary amides is 1. The van der Waals surface area contributed by atoms with E-state index in [-0.39, 0.29) is 37.0 Å². The number of hydrogen-bond donors (Lipinski definition) is 4. The first kappa shape index (κ1) is 26.9. The molecule has 1 saturated heterocycles. The molecule has 1 aliphatic carbocycles. The maximum absolute atomic E-state index is 14.2. The lowest BCUT2D eigenvalue weighted by Crippen LogP contribution is -2.54. The van der Waals surface area contributed by atoms with E-state index in [1.165, 1.54) is 11.1 Å². The molecule has 1 fully saturated rings. The molecule has 4 atom stereocenters. The van der Waals surface area contributed by atoms with Crippen LogP contribution in [0.5, 0.6) is 5.75 Å². The number of aliphatic imine (C=N–C) groups is 1. The van der Waals surface area contributed by atoms with Gasteiger partial charge >= 0.3 is 0 Å². The number of aryl methyl sites for hydroxylation is 1. The highest BCUT2D eigenvalue weighted by molar-refractivity contribution is 5.91. The summed E-state index contributed by atoms with van der Waals surface area (Å²) in [5.41, 5.74) is 10.1. The van der Waals surface area contributed by atoms with Crippen molar-refractivity contribution in [1.82, 2.24) is 15.5 Å². The summed E-state index contributed by atoms with van der Waals surface area (Å²) in [4.78, 5) is 45.8. The number of phenolic OH excluding ortho intramolecular Hbond substituents is 1. The molecule has 39 heavy (non-hydrogen) atoms. The Bertz CT molecular complexity index is 1320. The number of nitrogens with zero attached hydrogens (tertiary/aromatic N) is 2. The summed E-state index contributed by atoms with van der Waals surface area (Å²) in [5, 5.41) is 16.7. The number of nitrogens with two attached hydrogens (primary N) is 1. The molecule has 0 radical (unpaired) electrons. The first-order chi connectivity index (χ1) is 18.7. The van der Waals surface area contributed by atoms with Gasteiger partial charge in [-0.25, -0.2) is 0 Å². The Morgan fingerprint density at radius 2 is 1.87 bits per heavy atom. The van der Waals surface area contributed by atoms with Crippen LogP contribution in [0.3, 0.4) is 0 Å². The highest BCUT2D eigenvalue weighted by atomic mass is 16.3.